The van der Waals surface area contributed by atoms with Crippen molar-refractivity contribution in [1.29, 1.82) is 0 Å². The van der Waals surface area contributed by atoms with Crippen LogP contribution in [-0.2, 0) is 9.59 Å². The summed E-state index contributed by atoms with van der Waals surface area (Å²) < 4.78 is 0.780. The molecule has 2 rings (SSSR count). The van der Waals surface area contributed by atoms with Gasteiger partial charge < -0.3 is 4.90 Å². The predicted molar refractivity (Wildman–Crippen MR) is 74.1 cm³/mol. The van der Waals surface area contributed by atoms with Crippen molar-refractivity contribution in [2.45, 2.75) is 19.4 Å². The number of carbonyl (C=O) groups is 3. The van der Waals surface area contributed by atoms with E-state index in [2.05, 4.69) is 21.2 Å². The van der Waals surface area contributed by atoms with Crippen LogP contribution in [0.5, 0.6) is 0 Å². The van der Waals surface area contributed by atoms with Crippen LogP contribution in [0, 0.1) is 0 Å². The Balaban J connectivity index is 2.55. The van der Waals surface area contributed by atoms with Crippen LogP contribution in [0.25, 0.3) is 0 Å². The molecule has 0 atom stereocenters. The molecule has 6 heteroatoms. The number of imide groups is 1. The van der Waals surface area contributed by atoms with Crippen LogP contribution in [0.15, 0.2) is 22.7 Å². The number of amides is 2. The van der Waals surface area contributed by atoms with Crippen molar-refractivity contribution in [3.05, 3.63) is 28.2 Å². The summed E-state index contributed by atoms with van der Waals surface area (Å²) in [4.78, 5) is 36.2. The van der Waals surface area contributed by atoms with Crippen LogP contribution < -0.4 is 10.2 Å². The zero-order valence-electron chi connectivity index (χ0n) is 10.6. The quantitative estimate of drug-likeness (QED) is 0.661. The number of halogens is 1. The molecule has 19 heavy (non-hydrogen) atoms. The third-order valence-corrected chi connectivity index (χ3v) is 3.69. The number of nitrogens with zero attached hydrogens (tertiary/aromatic N) is 1. The Morgan fingerprint density at radius 3 is 2.68 bits per heavy atom. The molecule has 0 radical (unpaired) electrons. The van der Waals surface area contributed by atoms with E-state index in [4.69, 9.17) is 0 Å². The molecule has 5 nitrogen and oxygen atoms in total. The second-order valence-electron chi connectivity index (χ2n) is 4.84. The summed E-state index contributed by atoms with van der Waals surface area (Å²) in [6.45, 7) is 3.46. The maximum atomic E-state index is 11.9. The highest BCUT2D eigenvalue weighted by molar-refractivity contribution is 9.10. The minimum Gasteiger partial charge on any atom is -0.347 e. The number of aldehydes is 1. The van der Waals surface area contributed by atoms with E-state index in [1.54, 1.807) is 36.9 Å². The van der Waals surface area contributed by atoms with E-state index in [-0.39, 0.29) is 18.4 Å². The van der Waals surface area contributed by atoms with E-state index < -0.39 is 5.54 Å². The van der Waals surface area contributed by atoms with Gasteiger partial charge in [-0.1, -0.05) is 15.9 Å². The Labute approximate surface area is 119 Å². The van der Waals surface area contributed by atoms with Crippen LogP contribution in [0.2, 0.25) is 0 Å². The summed E-state index contributed by atoms with van der Waals surface area (Å²) in [7, 11) is 0. The molecule has 1 heterocycles. The summed E-state index contributed by atoms with van der Waals surface area (Å²) in [6.07, 6.45) is 0.717. The average Bonchev–Trinajstić information content (AvgIpc) is 2.34. The molecule has 1 aromatic rings. The van der Waals surface area contributed by atoms with E-state index in [9.17, 15) is 14.4 Å². The number of piperazine rings is 1. The Morgan fingerprint density at radius 2 is 2.05 bits per heavy atom. The number of benzene rings is 1. The first kappa shape index (κ1) is 13.7. The lowest BCUT2D eigenvalue weighted by Crippen LogP contribution is -2.64. The second-order valence-corrected chi connectivity index (χ2v) is 5.76. The van der Waals surface area contributed by atoms with Gasteiger partial charge in [-0.05, 0) is 32.0 Å². The first-order valence-corrected chi connectivity index (χ1v) is 6.52. The maximum absolute atomic E-state index is 11.9. The fraction of sp³-hybridized carbons (Fsp3) is 0.308. The Kier molecular flexibility index (Phi) is 3.45. The van der Waals surface area contributed by atoms with E-state index in [0.29, 0.717) is 11.3 Å². The van der Waals surface area contributed by atoms with Gasteiger partial charge >= 0.3 is 0 Å². The first-order valence-electron chi connectivity index (χ1n) is 5.73. The number of rotatable bonds is 2. The molecule has 1 aliphatic heterocycles. The highest BCUT2D eigenvalue weighted by Crippen LogP contribution is 2.31. The zero-order valence-corrected chi connectivity index (χ0v) is 12.2. The average molecular weight is 325 g/mol. The molecule has 0 saturated carbocycles. The fourth-order valence-corrected chi connectivity index (χ4v) is 2.37. The van der Waals surface area contributed by atoms with Gasteiger partial charge in [0.25, 0.3) is 5.91 Å². The summed E-state index contributed by atoms with van der Waals surface area (Å²) >= 11 is 3.33. The SMILES string of the molecule is CC1(C)C(=O)NC(=O)CN1c1cc(Br)ccc1C=O. The molecule has 2 amide bonds. The summed E-state index contributed by atoms with van der Waals surface area (Å²) in [5.41, 5.74) is 0.114. The lowest BCUT2D eigenvalue weighted by molar-refractivity contribution is -0.135. The van der Waals surface area contributed by atoms with Crippen molar-refractivity contribution in [2.75, 3.05) is 11.4 Å². The molecule has 0 aliphatic carbocycles. The summed E-state index contributed by atoms with van der Waals surface area (Å²) in [6, 6.07) is 5.13. The fourth-order valence-electron chi connectivity index (χ4n) is 2.02. The first-order chi connectivity index (χ1) is 8.86. The summed E-state index contributed by atoms with van der Waals surface area (Å²) in [5.74, 6) is -0.748. The van der Waals surface area contributed by atoms with Gasteiger partial charge in [0.1, 0.15) is 5.54 Å². The lowest BCUT2D eigenvalue weighted by Gasteiger charge is -2.42. The number of anilines is 1. The third kappa shape index (κ3) is 2.40. The van der Waals surface area contributed by atoms with Crippen molar-refractivity contribution in [2.24, 2.45) is 0 Å². The normalized spacial score (nSPS) is 18.2. The lowest BCUT2D eigenvalue weighted by atomic mass is 9.96. The Bertz CT molecular complexity index is 569. The minimum atomic E-state index is -0.896. The zero-order chi connectivity index (χ0) is 14.2. The Hall–Kier alpha value is -1.69. The van der Waals surface area contributed by atoms with Crippen molar-refractivity contribution in [3.8, 4) is 0 Å². The molecule has 0 bridgehead atoms. The van der Waals surface area contributed by atoms with Gasteiger partial charge in [0.05, 0.1) is 6.54 Å². The summed E-state index contributed by atoms with van der Waals surface area (Å²) in [5, 5.41) is 2.30. The second kappa shape index (κ2) is 4.77. The van der Waals surface area contributed by atoms with E-state index in [0.717, 1.165) is 10.8 Å². The highest BCUT2D eigenvalue weighted by atomic mass is 79.9. The van der Waals surface area contributed by atoms with Gasteiger partial charge in [-0.2, -0.15) is 0 Å². The molecule has 0 unspecified atom stereocenters. The van der Waals surface area contributed by atoms with Crippen molar-refractivity contribution < 1.29 is 14.4 Å². The molecule has 100 valence electrons. The molecule has 1 fully saturated rings. The van der Waals surface area contributed by atoms with Crippen molar-refractivity contribution in [3.63, 3.8) is 0 Å². The van der Waals surface area contributed by atoms with Crippen LogP contribution in [0.4, 0.5) is 5.69 Å². The highest BCUT2D eigenvalue weighted by Gasteiger charge is 2.41. The monoisotopic (exact) mass is 324 g/mol. The van der Waals surface area contributed by atoms with Gasteiger partial charge in [-0.3, -0.25) is 19.7 Å². The molecule has 1 saturated heterocycles. The topological polar surface area (TPSA) is 66.5 Å². The molecule has 1 aliphatic rings. The third-order valence-electron chi connectivity index (χ3n) is 3.20. The van der Waals surface area contributed by atoms with E-state index >= 15 is 0 Å². The van der Waals surface area contributed by atoms with Crippen molar-refractivity contribution in [1.82, 2.24) is 5.32 Å². The molecule has 0 spiro atoms. The van der Waals surface area contributed by atoms with Crippen LogP contribution >= 0.6 is 15.9 Å². The number of hydrogen-bond acceptors (Lipinski definition) is 4. The van der Waals surface area contributed by atoms with Gasteiger partial charge in [0, 0.05) is 15.7 Å². The standard InChI is InChI=1S/C13H13BrN2O3/c1-13(2)12(19)15-11(18)6-16(13)10-5-9(14)4-3-8(10)7-17/h3-5,7H,6H2,1-2H3,(H,15,18,19). The van der Waals surface area contributed by atoms with Gasteiger partial charge in [0.15, 0.2) is 6.29 Å². The smallest absolute Gasteiger partial charge is 0.251 e. The largest absolute Gasteiger partial charge is 0.347 e. The van der Waals surface area contributed by atoms with Crippen molar-refractivity contribution >= 4 is 39.7 Å². The Morgan fingerprint density at radius 1 is 1.37 bits per heavy atom. The minimum absolute atomic E-state index is 0.0377. The number of carbonyl (C=O) groups excluding carboxylic acids is 3. The maximum Gasteiger partial charge on any atom is 0.251 e. The number of nitrogens with one attached hydrogen (secondary N) is 1. The molecular weight excluding hydrogens is 312 g/mol. The molecule has 0 aromatic heterocycles. The van der Waals surface area contributed by atoms with E-state index in [1.807, 2.05) is 0 Å². The number of hydrogen-bond donors (Lipinski definition) is 1. The van der Waals surface area contributed by atoms with Crippen LogP contribution in [0.1, 0.15) is 24.2 Å². The molecule has 1 aromatic carbocycles. The molecule has 1 N–H and O–H groups in total. The van der Waals surface area contributed by atoms with Gasteiger partial charge in [-0.25, -0.2) is 0 Å². The van der Waals surface area contributed by atoms with E-state index in [1.165, 1.54) is 0 Å². The van der Waals surface area contributed by atoms with Crippen LogP contribution in [0.3, 0.4) is 0 Å². The van der Waals surface area contributed by atoms with Gasteiger partial charge in [-0.15, -0.1) is 0 Å². The van der Waals surface area contributed by atoms with Crippen LogP contribution in [-0.4, -0.2) is 30.2 Å². The predicted octanol–water partition coefficient (Wildman–Crippen LogP) is 1.50. The molecular formula is C13H13BrN2O3. The van der Waals surface area contributed by atoms with Gasteiger partial charge in [0.2, 0.25) is 5.91 Å².